The van der Waals surface area contributed by atoms with E-state index >= 15 is 0 Å². The van der Waals surface area contributed by atoms with Gasteiger partial charge in [0.05, 0.1) is 19.7 Å². The Morgan fingerprint density at radius 2 is 2.03 bits per heavy atom. The Balaban J connectivity index is 0.00000450. The molecule has 0 spiro atoms. The number of aliphatic imine (C=N–C) groups is 1. The molecule has 1 unspecified atom stereocenters. The van der Waals surface area contributed by atoms with E-state index in [1.165, 1.54) is 0 Å². The summed E-state index contributed by atoms with van der Waals surface area (Å²) in [6.07, 6.45) is 1.74. The Morgan fingerprint density at radius 1 is 1.27 bits per heavy atom. The van der Waals surface area contributed by atoms with Gasteiger partial charge in [-0.2, -0.15) is 0 Å². The average molecular weight is 532 g/mol. The molecule has 1 atom stereocenters. The molecular formula is C21H33IN4O4. The highest BCUT2D eigenvalue weighted by atomic mass is 127. The van der Waals surface area contributed by atoms with Crippen molar-refractivity contribution in [3.63, 3.8) is 0 Å². The fraction of sp³-hybridized carbons (Fsp3) is 0.524. The van der Waals surface area contributed by atoms with Crippen LogP contribution >= 0.6 is 24.0 Å². The fourth-order valence-corrected chi connectivity index (χ4v) is 2.85. The first-order valence-corrected chi connectivity index (χ1v) is 9.74. The van der Waals surface area contributed by atoms with Gasteiger partial charge in [0.25, 0.3) is 0 Å². The van der Waals surface area contributed by atoms with E-state index in [-0.39, 0.29) is 24.0 Å². The van der Waals surface area contributed by atoms with E-state index in [4.69, 9.17) is 13.9 Å². The predicted molar refractivity (Wildman–Crippen MR) is 128 cm³/mol. The molecule has 0 saturated carbocycles. The van der Waals surface area contributed by atoms with Crippen molar-refractivity contribution < 1.29 is 19.0 Å². The van der Waals surface area contributed by atoms with Gasteiger partial charge in [-0.15, -0.1) is 24.0 Å². The lowest BCUT2D eigenvalue weighted by molar-refractivity contribution is 0.0601. The number of furan rings is 1. The number of aryl methyl sites for hydroxylation is 2. The highest BCUT2D eigenvalue weighted by Gasteiger charge is 2.27. The summed E-state index contributed by atoms with van der Waals surface area (Å²) in [5.74, 6) is 2.67. The number of hydrogen-bond acceptors (Lipinski definition) is 6. The van der Waals surface area contributed by atoms with Gasteiger partial charge in [-0.3, -0.25) is 0 Å². The molecular weight excluding hydrogens is 499 g/mol. The van der Waals surface area contributed by atoms with Gasteiger partial charge in [0, 0.05) is 31.5 Å². The number of ether oxygens (including phenoxy) is 2. The zero-order chi connectivity index (χ0) is 21.3. The van der Waals surface area contributed by atoms with Crippen LogP contribution in [-0.4, -0.2) is 49.5 Å². The van der Waals surface area contributed by atoms with Crippen LogP contribution in [0.3, 0.4) is 0 Å². The lowest BCUT2D eigenvalue weighted by atomic mass is 9.96. The monoisotopic (exact) mass is 532 g/mol. The number of rotatable bonds is 10. The normalized spacial score (nSPS) is 13.3. The minimum Gasteiger partial charge on any atom is -0.475 e. The molecule has 2 rings (SSSR count). The molecule has 0 fully saturated rings. The molecule has 8 nitrogen and oxygen atoms in total. The SMILES string of the molecule is CCNC(=NCc1ccc(OCCOC)nc1)NCC(C)(O)c1cc(C)oc1C.I. The summed E-state index contributed by atoms with van der Waals surface area (Å²) >= 11 is 0. The van der Waals surface area contributed by atoms with Crippen molar-refractivity contribution in [2.24, 2.45) is 4.99 Å². The molecule has 0 amide bonds. The Hall–Kier alpha value is -1.85. The molecule has 2 aromatic heterocycles. The van der Waals surface area contributed by atoms with Gasteiger partial charge in [0.15, 0.2) is 5.96 Å². The van der Waals surface area contributed by atoms with Crippen LogP contribution in [0.15, 0.2) is 33.8 Å². The predicted octanol–water partition coefficient (Wildman–Crippen LogP) is 2.90. The number of aliphatic hydroxyl groups is 1. The first kappa shape index (κ1) is 26.2. The molecule has 30 heavy (non-hydrogen) atoms. The number of guanidine groups is 1. The first-order chi connectivity index (χ1) is 13.9. The lowest BCUT2D eigenvalue weighted by Gasteiger charge is -2.24. The third-order valence-electron chi connectivity index (χ3n) is 4.32. The van der Waals surface area contributed by atoms with E-state index in [0.717, 1.165) is 22.6 Å². The molecule has 0 aliphatic carbocycles. The maximum absolute atomic E-state index is 10.9. The van der Waals surface area contributed by atoms with Crippen molar-refractivity contribution in [3.8, 4) is 5.88 Å². The average Bonchev–Trinajstić information content (AvgIpc) is 3.04. The largest absolute Gasteiger partial charge is 0.475 e. The van der Waals surface area contributed by atoms with Gasteiger partial charge in [-0.25, -0.2) is 9.98 Å². The second-order valence-corrected chi connectivity index (χ2v) is 7.00. The van der Waals surface area contributed by atoms with Crippen molar-refractivity contribution in [2.75, 3.05) is 33.4 Å². The fourth-order valence-electron chi connectivity index (χ4n) is 2.85. The summed E-state index contributed by atoms with van der Waals surface area (Å²) in [5, 5.41) is 17.3. The van der Waals surface area contributed by atoms with Gasteiger partial charge in [0.1, 0.15) is 23.7 Å². The highest BCUT2D eigenvalue weighted by Crippen LogP contribution is 2.26. The molecule has 0 saturated heterocycles. The maximum Gasteiger partial charge on any atom is 0.213 e. The van der Waals surface area contributed by atoms with E-state index in [2.05, 4.69) is 20.6 Å². The number of aromatic nitrogens is 1. The van der Waals surface area contributed by atoms with Gasteiger partial charge in [-0.1, -0.05) is 6.07 Å². The minimum absolute atomic E-state index is 0. The number of methoxy groups -OCH3 is 1. The van der Waals surface area contributed by atoms with Crippen LogP contribution in [-0.2, 0) is 16.9 Å². The van der Waals surface area contributed by atoms with Crippen molar-refractivity contribution in [1.82, 2.24) is 15.6 Å². The Kier molecular flexibility index (Phi) is 11.1. The molecule has 0 aliphatic rings. The zero-order valence-corrected chi connectivity index (χ0v) is 20.6. The second-order valence-electron chi connectivity index (χ2n) is 7.00. The van der Waals surface area contributed by atoms with Gasteiger partial charge >= 0.3 is 0 Å². The Labute approximate surface area is 195 Å². The molecule has 0 bridgehead atoms. The van der Waals surface area contributed by atoms with Gasteiger partial charge in [-0.05, 0) is 39.3 Å². The van der Waals surface area contributed by atoms with Crippen LogP contribution in [0.25, 0.3) is 0 Å². The van der Waals surface area contributed by atoms with E-state index in [9.17, 15) is 5.11 Å². The molecule has 0 aromatic carbocycles. The minimum atomic E-state index is -1.08. The molecule has 168 valence electrons. The van der Waals surface area contributed by atoms with Crippen LogP contribution in [0, 0.1) is 13.8 Å². The summed E-state index contributed by atoms with van der Waals surface area (Å²) < 4.78 is 16.0. The standard InChI is InChI=1S/C21H32N4O4.HI/c1-6-22-20(25-14-21(4,26)18-11-15(2)29-16(18)3)24-13-17-7-8-19(23-12-17)28-10-9-27-5;/h7-8,11-12,26H,6,9-10,13-14H2,1-5H3,(H2,22,24,25);1H. The molecule has 9 heteroatoms. The smallest absolute Gasteiger partial charge is 0.213 e. The summed E-state index contributed by atoms with van der Waals surface area (Å²) in [4.78, 5) is 8.85. The zero-order valence-electron chi connectivity index (χ0n) is 18.3. The van der Waals surface area contributed by atoms with Crippen LogP contribution in [0.2, 0.25) is 0 Å². The second kappa shape index (κ2) is 12.8. The quantitative estimate of drug-likeness (QED) is 0.187. The number of halogens is 1. The number of hydrogen-bond donors (Lipinski definition) is 3. The van der Waals surface area contributed by atoms with Crippen molar-refractivity contribution in [3.05, 3.63) is 47.0 Å². The summed E-state index contributed by atoms with van der Waals surface area (Å²) in [6, 6.07) is 5.61. The number of nitrogens with zero attached hydrogens (tertiary/aromatic N) is 2. The van der Waals surface area contributed by atoms with Crippen molar-refractivity contribution >= 4 is 29.9 Å². The van der Waals surface area contributed by atoms with Crippen LogP contribution in [0.5, 0.6) is 5.88 Å². The molecule has 2 aromatic rings. The summed E-state index contributed by atoms with van der Waals surface area (Å²) in [6.45, 7) is 9.91. The van der Waals surface area contributed by atoms with Gasteiger partial charge < -0.3 is 29.6 Å². The Morgan fingerprint density at radius 3 is 2.60 bits per heavy atom. The highest BCUT2D eigenvalue weighted by molar-refractivity contribution is 14.0. The van der Waals surface area contributed by atoms with E-state index in [1.807, 2.05) is 39.0 Å². The van der Waals surface area contributed by atoms with Crippen LogP contribution < -0.4 is 15.4 Å². The van der Waals surface area contributed by atoms with Crippen LogP contribution in [0.4, 0.5) is 0 Å². The molecule has 0 aliphatic heterocycles. The maximum atomic E-state index is 10.9. The molecule has 2 heterocycles. The number of nitrogens with one attached hydrogen (secondary N) is 2. The van der Waals surface area contributed by atoms with E-state index < -0.39 is 5.60 Å². The van der Waals surface area contributed by atoms with E-state index in [0.29, 0.717) is 44.7 Å². The van der Waals surface area contributed by atoms with Crippen molar-refractivity contribution in [2.45, 2.75) is 39.8 Å². The molecule has 3 N–H and O–H groups in total. The third kappa shape index (κ3) is 8.11. The van der Waals surface area contributed by atoms with Gasteiger partial charge in [0.2, 0.25) is 5.88 Å². The summed E-state index contributed by atoms with van der Waals surface area (Å²) in [5.41, 5.74) is 0.641. The molecule has 0 radical (unpaired) electrons. The van der Waals surface area contributed by atoms with Crippen molar-refractivity contribution in [1.29, 1.82) is 0 Å². The Bertz CT molecular complexity index is 791. The summed E-state index contributed by atoms with van der Waals surface area (Å²) in [7, 11) is 1.63. The third-order valence-corrected chi connectivity index (χ3v) is 4.32. The van der Waals surface area contributed by atoms with E-state index in [1.54, 1.807) is 20.2 Å². The number of pyridine rings is 1. The van der Waals surface area contributed by atoms with Crippen LogP contribution in [0.1, 0.15) is 36.5 Å². The first-order valence-electron chi connectivity index (χ1n) is 9.74. The topological polar surface area (TPSA) is 101 Å². The lowest BCUT2D eigenvalue weighted by Crippen LogP contribution is -2.44.